The lowest BCUT2D eigenvalue weighted by atomic mass is 9.95. The fraction of sp³-hybridized carbons (Fsp3) is 0.636. The first kappa shape index (κ1) is 58.5. The summed E-state index contributed by atoms with van der Waals surface area (Å²) in [4.78, 5) is 137. The van der Waals surface area contributed by atoms with Gasteiger partial charge in [0.25, 0.3) is 5.69 Å². The number of esters is 10. The van der Waals surface area contributed by atoms with E-state index in [4.69, 9.17) is 75.8 Å². The minimum Gasteiger partial charge on any atom is -0.463 e. The highest BCUT2D eigenvalue weighted by Gasteiger charge is 2.60. The molecule has 3 fully saturated rings. The van der Waals surface area contributed by atoms with E-state index in [-0.39, 0.29) is 11.4 Å². The SMILES string of the molecule is CC(=O)OC[C@H]1O[C@@H](O[C@@H]2[C@H](OC(C)=O)[C@@H](OC(C)=O)[C@H](O[C@@H]3[C@H](OC(C)=O)[C@@H](OC(C)=O)[C@H](Oc4ccc([N+](=O)[O-])cc4)O[C@@H]3COC(C)=O)O[C@@H]2COC(C)=O)[C@H](OC(C)=O)[C@@H](OC(C)=O)[C@H]1OC(C)=O. The second-order valence-corrected chi connectivity index (χ2v) is 16.1. The Hall–Kier alpha value is -7.08. The predicted octanol–water partition coefficient (Wildman–Crippen LogP) is 0.130. The summed E-state index contributed by atoms with van der Waals surface area (Å²) in [5, 5.41) is 11.3. The minimum absolute atomic E-state index is 0.0919. The van der Waals surface area contributed by atoms with E-state index in [0.717, 1.165) is 81.4 Å². The number of rotatable bonds is 20. The topological polar surface area (TPSA) is 362 Å². The molecular weight excluding hydrogens is 990 g/mol. The molecule has 73 heavy (non-hydrogen) atoms. The van der Waals surface area contributed by atoms with Gasteiger partial charge in [-0.3, -0.25) is 58.1 Å². The Morgan fingerprint density at radius 3 is 0.986 bits per heavy atom. The Kier molecular flexibility index (Phi) is 21.3. The van der Waals surface area contributed by atoms with Crippen LogP contribution in [0.4, 0.5) is 5.69 Å². The maximum Gasteiger partial charge on any atom is 0.303 e. The van der Waals surface area contributed by atoms with E-state index in [9.17, 15) is 58.1 Å². The Morgan fingerprint density at radius 2 is 0.671 bits per heavy atom. The number of nitro groups is 1. The number of ether oxygens (including phenoxy) is 16. The highest BCUT2D eigenvalue weighted by Crippen LogP contribution is 2.38. The predicted molar refractivity (Wildman–Crippen MR) is 228 cm³/mol. The third kappa shape index (κ3) is 17.3. The number of benzene rings is 1. The molecule has 0 unspecified atom stereocenters. The van der Waals surface area contributed by atoms with Crippen LogP contribution in [0.25, 0.3) is 0 Å². The molecule has 4 rings (SSSR count). The molecule has 3 heterocycles. The molecule has 0 N–H and O–H groups in total. The quantitative estimate of drug-likeness (QED) is 0.0725. The summed E-state index contributed by atoms with van der Waals surface area (Å²) in [6.07, 6.45) is -27.5. The van der Waals surface area contributed by atoms with Gasteiger partial charge in [-0.25, -0.2) is 0 Å². The van der Waals surface area contributed by atoms with Crippen molar-refractivity contribution in [3.63, 3.8) is 0 Å². The standard InChI is InChI=1S/C44H55NO28/c1-18(46)58-15-30-33(61-21(4)49)36(62-22(5)50)40(66-26(9)54)43(70-30)73-35-32(17-60-20(3)48)71-44(41(67-27(10)55)38(35)64-24(7)52)72-34-31(16-59-19(2)47)69-42(39(65-25(8)53)37(34)63-23(6)51)68-29-13-11-28(12-14-29)45(56)57/h11-14,30-44H,15-17H2,1-10H3/t30-,31-,32-,33+,34+,35+,36+,37+,38+,39-,40-,41-,42-,43+,44+/m1/s1. The van der Waals surface area contributed by atoms with E-state index < -0.39 is 177 Å². The van der Waals surface area contributed by atoms with Crippen molar-refractivity contribution in [2.24, 2.45) is 0 Å². The van der Waals surface area contributed by atoms with E-state index >= 15 is 0 Å². The number of nitro benzene ring substituents is 1. The second-order valence-electron chi connectivity index (χ2n) is 16.1. The molecule has 0 saturated carbocycles. The summed E-state index contributed by atoms with van der Waals surface area (Å²) >= 11 is 0. The van der Waals surface area contributed by atoms with Crippen molar-refractivity contribution < 1.29 is 129 Å². The van der Waals surface area contributed by atoms with E-state index in [1.807, 2.05) is 0 Å². The van der Waals surface area contributed by atoms with Crippen LogP contribution in [0.3, 0.4) is 0 Å². The van der Waals surface area contributed by atoms with Gasteiger partial charge < -0.3 is 75.8 Å². The first-order valence-electron chi connectivity index (χ1n) is 22.0. The largest absolute Gasteiger partial charge is 0.463 e. The summed E-state index contributed by atoms with van der Waals surface area (Å²) in [5.41, 5.74) is -0.327. The molecule has 15 atom stereocenters. The highest BCUT2D eigenvalue weighted by molar-refractivity contribution is 5.70. The molecule has 0 aliphatic carbocycles. The lowest BCUT2D eigenvalue weighted by molar-refractivity contribution is -0.384. The summed E-state index contributed by atoms with van der Waals surface area (Å²) in [6, 6.07) is 4.52. The molecule has 0 spiro atoms. The van der Waals surface area contributed by atoms with Crippen molar-refractivity contribution >= 4 is 65.4 Å². The van der Waals surface area contributed by atoms with Crippen molar-refractivity contribution in [3.05, 3.63) is 34.4 Å². The number of carbonyl (C=O) groups excluding carboxylic acids is 10. The van der Waals surface area contributed by atoms with Crippen LogP contribution in [0.2, 0.25) is 0 Å². The molecule has 3 aliphatic rings. The Balaban J connectivity index is 1.91. The van der Waals surface area contributed by atoms with Gasteiger partial charge >= 0.3 is 59.7 Å². The van der Waals surface area contributed by atoms with Crippen molar-refractivity contribution in [3.8, 4) is 5.75 Å². The van der Waals surface area contributed by atoms with Crippen LogP contribution in [-0.4, -0.2) is 177 Å². The molecule has 0 bridgehead atoms. The molecular formula is C44H55NO28. The summed E-state index contributed by atoms with van der Waals surface area (Å²) in [7, 11) is 0. The molecule has 404 valence electrons. The summed E-state index contributed by atoms with van der Waals surface area (Å²) in [5.74, 6) is -9.91. The van der Waals surface area contributed by atoms with Gasteiger partial charge in [0.05, 0.1) is 4.92 Å². The zero-order valence-corrected chi connectivity index (χ0v) is 41.0. The van der Waals surface area contributed by atoms with Crippen LogP contribution in [0.1, 0.15) is 69.2 Å². The average Bonchev–Trinajstić information content (AvgIpc) is 3.26. The van der Waals surface area contributed by atoms with Crippen LogP contribution in [-0.2, 0) is 119 Å². The number of hydrogen-bond acceptors (Lipinski definition) is 28. The first-order chi connectivity index (χ1) is 34.2. The van der Waals surface area contributed by atoms with Gasteiger partial charge in [-0.1, -0.05) is 0 Å². The normalized spacial score (nSPS) is 29.6. The molecule has 3 aliphatic heterocycles. The second kappa shape index (κ2) is 26.6. The highest BCUT2D eigenvalue weighted by atomic mass is 16.8. The van der Waals surface area contributed by atoms with Gasteiger partial charge in [-0.15, -0.1) is 0 Å². The third-order valence-electron chi connectivity index (χ3n) is 10.1. The van der Waals surface area contributed by atoms with Gasteiger partial charge in [0, 0.05) is 81.4 Å². The number of nitrogens with zero attached hydrogens (tertiary/aromatic N) is 1. The third-order valence-corrected chi connectivity index (χ3v) is 10.1. The lowest BCUT2D eigenvalue weighted by Gasteiger charge is -2.50. The van der Waals surface area contributed by atoms with E-state index in [1.165, 1.54) is 12.1 Å². The summed E-state index contributed by atoms with van der Waals surface area (Å²) in [6.45, 7) is 7.50. The van der Waals surface area contributed by atoms with Crippen LogP contribution >= 0.6 is 0 Å². The molecule has 1 aromatic rings. The molecule has 0 radical (unpaired) electrons. The Morgan fingerprint density at radius 1 is 0.397 bits per heavy atom. The van der Waals surface area contributed by atoms with Gasteiger partial charge in [-0.05, 0) is 12.1 Å². The van der Waals surface area contributed by atoms with E-state index in [0.29, 0.717) is 0 Å². The zero-order chi connectivity index (χ0) is 54.4. The maximum atomic E-state index is 13.1. The van der Waals surface area contributed by atoms with Crippen LogP contribution in [0, 0.1) is 10.1 Å². The average molecular weight is 1050 g/mol. The van der Waals surface area contributed by atoms with Gasteiger partial charge in [0.2, 0.25) is 12.4 Å². The molecule has 0 amide bonds. The molecule has 29 heteroatoms. The van der Waals surface area contributed by atoms with Crippen molar-refractivity contribution in [1.82, 2.24) is 0 Å². The zero-order valence-electron chi connectivity index (χ0n) is 41.0. The molecule has 1 aromatic carbocycles. The smallest absolute Gasteiger partial charge is 0.303 e. The number of non-ortho nitro benzene ring substituents is 1. The van der Waals surface area contributed by atoms with Crippen LogP contribution in [0.5, 0.6) is 5.75 Å². The van der Waals surface area contributed by atoms with E-state index in [2.05, 4.69) is 0 Å². The number of carbonyl (C=O) groups is 10. The maximum absolute atomic E-state index is 13.1. The van der Waals surface area contributed by atoms with Crippen molar-refractivity contribution in [2.75, 3.05) is 19.8 Å². The fourth-order valence-electron chi connectivity index (χ4n) is 7.63. The monoisotopic (exact) mass is 1050 g/mol. The molecule has 3 saturated heterocycles. The first-order valence-corrected chi connectivity index (χ1v) is 22.0. The van der Waals surface area contributed by atoms with Gasteiger partial charge in [0.15, 0.2) is 49.2 Å². The Labute approximate surface area is 414 Å². The number of hydrogen-bond donors (Lipinski definition) is 0. The van der Waals surface area contributed by atoms with Gasteiger partial charge in [0.1, 0.15) is 56.1 Å². The van der Waals surface area contributed by atoms with Crippen LogP contribution in [0.15, 0.2) is 24.3 Å². The summed E-state index contributed by atoms with van der Waals surface area (Å²) < 4.78 is 92.2. The van der Waals surface area contributed by atoms with Crippen molar-refractivity contribution in [2.45, 2.75) is 161 Å². The van der Waals surface area contributed by atoms with Gasteiger partial charge in [-0.2, -0.15) is 0 Å². The lowest BCUT2D eigenvalue weighted by Crippen LogP contribution is -2.69. The van der Waals surface area contributed by atoms with Crippen molar-refractivity contribution in [1.29, 1.82) is 0 Å². The minimum atomic E-state index is -2.08. The molecule has 0 aromatic heterocycles. The molecule has 29 nitrogen and oxygen atoms in total. The fourth-order valence-corrected chi connectivity index (χ4v) is 7.63. The Bertz CT molecular complexity index is 2200. The van der Waals surface area contributed by atoms with E-state index in [1.54, 1.807) is 0 Å². The van der Waals surface area contributed by atoms with Crippen LogP contribution < -0.4 is 4.74 Å².